The van der Waals surface area contributed by atoms with Gasteiger partial charge in [0, 0.05) is 24.3 Å². The highest BCUT2D eigenvalue weighted by Crippen LogP contribution is 2.21. The lowest BCUT2D eigenvalue weighted by molar-refractivity contribution is 0.566. The normalized spacial score (nSPS) is 13.3. The lowest BCUT2D eigenvalue weighted by Crippen LogP contribution is -2.27. The average molecular weight is 294 g/mol. The molecule has 1 heterocycles. The largest absolute Gasteiger partial charge is 0.326 e. The quantitative estimate of drug-likeness (QED) is 0.771. The molecule has 0 aliphatic rings. The molecule has 1 unspecified atom stereocenters. The summed E-state index contributed by atoms with van der Waals surface area (Å²) in [5.41, 5.74) is 7.90. The average Bonchev–Trinajstić information content (AvgIpc) is 2.92. The van der Waals surface area contributed by atoms with E-state index in [-0.39, 0.29) is 10.9 Å². The van der Waals surface area contributed by atoms with Gasteiger partial charge in [0.2, 0.25) is 10.0 Å². The van der Waals surface area contributed by atoms with Crippen LogP contribution in [0.4, 0.5) is 0 Å². The maximum atomic E-state index is 12.4. The summed E-state index contributed by atoms with van der Waals surface area (Å²) < 4.78 is 27.5. The zero-order valence-electron chi connectivity index (χ0n) is 11.4. The van der Waals surface area contributed by atoms with Crippen molar-refractivity contribution in [2.45, 2.75) is 31.3 Å². The first-order valence-electron chi connectivity index (χ1n) is 6.25. The molecule has 0 fully saturated rings. The number of rotatable bonds is 5. The van der Waals surface area contributed by atoms with E-state index in [0.29, 0.717) is 12.1 Å². The number of nitrogens with one attached hydrogen (secondary N) is 2. The van der Waals surface area contributed by atoms with Crippen molar-refractivity contribution in [1.29, 1.82) is 0 Å². The molecule has 2 rings (SSSR count). The van der Waals surface area contributed by atoms with Gasteiger partial charge in [-0.05, 0) is 31.0 Å². The van der Waals surface area contributed by atoms with Crippen LogP contribution in [-0.2, 0) is 16.6 Å². The molecular weight excluding hydrogens is 276 g/mol. The van der Waals surface area contributed by atoms with E-state index in [4.69, 9.17) is 5.73 Å². The SMILES string of the molecule is Cc1c(CN)cccc1S(=O)(=O)NC(C)c1cn[nH]c1. The molecule has 0 aliphatic heterocycles. The molecule has 0 amide bonds. The Labute approximate surface area is 118 Å². The van der Waals surface area contributed by atoms with Gasteiger partial charge in [-0.1, -0.05) is 12.1 Å². The zero-order chi connectivity index (χ0) is 14.8. The first kappa shape index (κ1) is 14.7. The molecule has 1 atom stereocenters. The van der Waals surface area contributed by atoms with Crippen molar-refractivity contribution in [2.24, 2.45) is 5.73 Å². The summed E-state index contributed by atoms with van der Waals surface area (Å²) in [5.74, 6) is 0. The molecule has 108 valence electrons. The molecule has 1 aromatic heterocycles. The third kappa shape index (κ3) is 2.90. The summed E-state index contributed by atoms with van der Waals surface area (Å²) in [7, 11) is -3.60. The van der Waals surface area contributed by atoms with Crippen LogP contribution in [0, 0.1) is 6.92 Å². The van der Waals surface area contributed by atoms with E-state index in [2.05, 4.69) is 14.9 Å². The summed E-state index contributed by atoms with van der Waals surface area (Å²) in [6, 6.07) is 4.75. The van der Waals surface area contributed by atoms with Crippen molar-refractivity contribution in [3.05, 3.63) is 47.3 Å². The van der Waals surface area contributed by atoms with E-state index in [1.807, 2.05) is 6.07 Å². The Morgan fingerprint density at radius 2 is 2.20 bits per heavy atom. The molecule has 4 N–H and O–H groups in total. The number of hydrogen-bond acceptors (Lipinski definition) is 4. The number of benzene rings is 1. The first-order chi connectivity index (χ1) is 9.45. The van der Waals surface area contributed by atoms with Crippen LogP contribution in [0.2, 0.25) is 0 Å². The van der Waals surface area contributed by atoms with Crippen LogP contribution < -0.4 is 10.5 Å². The number of nitrogens with two attached hydrogens (primary N) is 1. The molecule has 1 aromatic carbocycles. The van der Waals surface area contributed by atoms with Gasteiger partial charge >= 0.3 is 0 Å². The van der Waals surface area contributed by atoms with E-state index in [1.165, 1.54) is 0 Å². The zero-order valence-corrected chi connectivity index (χ0v) is 12.2. The first-order valence-corrected chi connectivity index (χ1v) is 7.73. The lowest BCUT2D eigenvalue weighted by Gasteiger charge is -2.15. The minimum atomic E-state index is -3.60. The van der Waals surface area contributed by atoms with Crippen LogP contribution in [0.1, 0.15) is 29.7 Å². The number of H-pyrrole nitrogens is 1. The standard InChI is InChI=1S/C13H18N4O2S/c1-9-11(6-14)4-3-5-13(9)20(18,19)17-10(2)12-7-15-16-8-12/h3-5,7-8,10,17H,6,14H2,1-2H3,(H,15,16). The Kier molecular flexibility index (Phi) is 4.22. The van der Waals surface area contributed by atoms with Gasteiger partial charge in [0.05, 0.1) is 11.1 Å². The molecule has 0 radical (unpaired) electrons. The van der Waals surface area contributed by atoms with Gasteiger partial charge in [-0.25, -0.2) is 13.1 Å². The van der Waals surface area contributed by atoms with Gasteiger partial charge in [0.15, 0.2) is 0 Å². The Morgan fingerprint density at radius 1 is 1.45 bits per heavy atom. The highest BCUT2D eigenvalue weighted by atomic mass is 32.2. The van der Waals surface area contributed by atoms with Crippen LogP contribution in [0.5, 0.6) is 0 Å². The maximum absolute atomic E-state index is 12.4. The molecule has 20 heavy (non-hydrogen) atoms. The third-order valence-corrected chi connectivity index (χ3v) is 4.94. The fourth-order valence-corrected chi connectivity index (χ4v) is 3.55. The van der Waals surface area contributed by atoms with E-state index < -0.39 is 10.0 Å². The van der Waals surface area contributed by atoms with Crippen LogP contribution in [0.25, 0.3) is 0 Å². The van der Waals surface area contributed by atoms with Crippen molar-refractivity contribution in [3.8, 4) is 0 Å². The summed E-state index contributed by atoms with van der Waals surface area (Å²) in [6.07, 6.45) is 3.26. The Balaban J connectivity index is 2.31. The van der Waals surface area contributed by atoms with E-state index >= 15 is 0 Å². The van der Waals surface area contributed by atoms with Crippen molar-refractivity contribution in [2.75, 3.05) is 0 Å². The van der Waals surface area contributed by atoms with E-state index in [1.54, 1.807) is 38.4 Å². The second-order valence-electron chi connectivity index (χ2n) is 4.62. The van der Waals surface area contributed by atoms with Crippen molar-refractivity contribution >= 4 is 10.0 Å². The molecule has 6 nitrogen and oxygen atoms in total. The summed E-state index contributed by atoms with van der Waals surface area (Å²) in [6.45, 7) is 3.84. The summed E-state index contributed by atoms with van der Waals surface area (Å²) >= 11 is 0. The van der Waals surface area contributed by atoms with Gasteiger partial charge < -0.3 is 5.73 Å². The number of hydrogen-bond donors (Lipinski definition) is 3. The Morgan fingerprint density at radius 3 is 2.80 bits per heavy atom. The molecule has 0 saturated carbocycles. The second kappa shape index (κ2) is 5.74. The number of sulfonamides is 1. The fourth-order valence-electron chi connectivity index (χ4n) is 2.03. The van der Waals surface area contributed by atoms with Gasteiger partial charge in [-0.15, -0.1) is 0 Å². The fraction of sp³-hybridized carbons (Fsp3) is 0.308. The van der Waals surface area contributed by atoms with E-state index in [9.17, 15) is 8.42 Å². The monoisotopic (exact) mass is 294 g/mol. The van der Waals surface area contributed by atoms with Crippen molar-refractivity contribution < 1.29 is 8.42 Å². The van der Waals surface area contributed by atoms with Gasteiger partial charge in [-0.3, -0.25) is 5.10 Å². The van der Waals surface area contributed by atoms with Crippen LogP contribution in [0.3, 0.4) is 0 Å². The van der Waals surface area contributed by atoms with Crippen LogP contribution >= 0.6 is 0 Å². The van der Waals surface area contributed by atoms with Gasteiger partial charge in [0.25, 0.3) is 0 Å². The molecular formula is C13H18N4O2S. The Hall–Kier alpha value is -1.70. The molecule has 2 aromatic rings. The predicted octanol–water partition coefficient (Wildman–Crippen LogP) is 1.22. The Bertz CT molecular complexity index is 680. The summed E-state index contributed by atoms with van der Waals surface area (Å²) in [4.78, 5) is 0.260. The summed E-state index contributed by atoms with van der Waals surface area (Å²) in [5, 5.41) is 6.48. The van der Waals surface area contributed by atoms with Crippen LogP contribution in [-0.4, -0.2) is 18.6 Å². The van der Waals surface area contributed by atoms with Crippen LogP contribution in [0.15, 0.2) is 35.5 Å². The van der Waals surface area contributed by atoms with E-state index in [0.717, 1.165) is 11.1 Å². The second-order valence-corrected chi connectivity index (χ2v) is 6.30. The third-order valence-electron chi connectivity index (χ3n) is 3.26. The highest BCUT2D eigenvalue weighted by Gasteiger charge is 2.21. The number of aromatic nitrogens is 2. The molecule has 7 heteroatoms. The smallest absolute Gasteiger partial charge is 0.241 e. The van der Waals surface area contributed by atoms with Gasteiger partial charge in [0.1, 0.15) is 0 Å². The number of aromatic amines is 1. The van der Waals surface area contributed by atoms with Gasteiger partial charge in [-0.2, -0.15) is 5.10 Å². The number of nitrogens with zero attached hydrogens (tertiary/aromatic N) is 1. The minimum absolute atomic E-state index is 0.260. The molecule has 0 aliphatic carbocycles. The van der Waals surface area contributed by atoms with Crippen molar-refractivity contribution in [3.63, 3.8) is 0 Å². The van der Waals surface area contributed by atoms with Crippen molar-refractivity contribution in [1.82, 2.24) is 14.9 Å². The maximum Gasteiger partial charge on any atom is 0.241 e. The highest BCUT2D eigenvalue weighted by molar-refractivity contribution is 7.89. The molecule has 0 saturated heterocycles. The minimum Gasteiger partial charge on any atom is -0.326 e. The lowest BCUT2D eigenvalue weighted by atomic mass is 10.1. The molecule has 0 bridgehead atoms. The predicted molar refractivity (Wildman–Crippen MR) is 76.4 cm³/mol. The molecule has 0 spiro atoms. The topological polar surface area (TPSA) is 101 Å².